The van der Waals surface area contributed by atoms with Crippen LogP contribution in [0.3, 0.4) is 0 Å². The maximum Gasteiger partial charge on any atom is 0.339 e. The summed E-state index contributed by atoms with van der Waals surface area (Å²) in [5.41, 5.74) is 1.53. The van der Waals surface area contributed by atoms with E-state index in [1.165, 1.54) is 13.2 Å². The first-order chi connectivity index (χ1) is 10.2. The summed E-state index contributed by atoms with van der Waals surface area (Å²) in [6, 6.07) is 10.3. The van der Waals surface area contributed by atoms with Crippen molar-refractivity contribution >= 4 is 23.6 Å². The zero-order valence-corrected chi connectivity index (χ0v) is 11.4. The van der Waals surface area contributed by atoms with Crippen LogP contribution in [0.2, 0.25) is 0 Å². The molecule has 2 aromatic rings. The topological polar surface area (TPSA) is 68.3 Å². The van der Waals surface area contributed by atoms with E-state index in [1.807, 2.05) is 6.07 Å². The minimum Gasteiger partial charge on any atom is -0.465 e. The highest BCUT2D eigenvalue weighted by Gasteiger charge is 2.11. The van der Waals surface area contributed by atoms with E-state index in [2.05, 4.69) is 15.0 Å². The fourth-order valence-corrected chi connectivity index (χ4v) is 1.70. The molecule has 1 heterocycles. The highest BCUT2D eigenvalue weighted by Crippen LogP contribution is 2.16. The molecule has 1 aromatic carbocycles. The standard InChI is InChI=1S/C16H14N2O3/c1-21-16(20)13-6-2-3-7-14(13)18-15(19)9-8-12-5-4-10-17-11-12/h2-11H,1H3,(H,18,19)/b9-8+. The van der Waals surface area contributed by atoms with Crippen LogP contribution in [0.15, 0.2) is 54.9 Å². The molecule has 0 bridgehead atoms. The molecule has 0 aliphatic rings. The van der Waals surface area contributed by atoms with Gasteiger partial charge in [0.15, 0.2) is 0 Å². The third kappa shape index (κ3) is 4.01. The van der Waals surface area contributed by atoms with E-state index in [1.54, 1.807) is 48.8 Å². The molecule has 0 atom stereocenters. The van der Waals surface area contributed by atoms with Gasteiger partial charge in [-0.2, -0.15) is 0 Å². The Morgan fingerprint density at radius 1 is 1.19 bits per heavy atom. The number of pyridine rings is 1. The van der Waals surface area contributed by atoms with Gasteiger partial charge in [0.2, 0.25) is 5.91 Å². The van der Waals surface area contributed by atoms with E-state index in [9.17, 15) is 9.59 Å². The lowest BCUT2D eigenvalue weighted by Gasteiger charge is -2.07. The Bertz CT molecular complexity index is 666. The van der Waals surface area contributed by atoms with Crippen LogP contribution in [0.4, 0.5) is 5.69 Å². The summed E-state index contributed by atoms with van der Waals surface area (Å²) in [4.78, 5) is 27.4. The summed E-state index contributed by atoms with van der Waals surface area (Å²) in [7, 11) is 1.29. The number of rotatable bonds is 4. The van der Waals surface area contributed by atoms with Crippen LogP contribution in [-0.2, 0) is 9.53 Å². The third-order valence-corrected chi connectivity index (χ3v) is 2.70. The van der Waals surface area contributed by atoms with E-state index in [0.717, 1.165) is 5.56 Å². The van der Waals surface area contributed by atoms with Gasteiger partial charge in [0.05, 0.1) is 18.4 Å². The fraction of sp³-hybridized carbons (Fsp3) is 0.0625. The van der Waals surface area contributed by atoms with Crippen molar-refractivity contribution in [1.29, 1.82) is 0 Å². The Balaban J connectivity index is 2.10. The largest absolute Gasteiger partial charge is 0.465 e. The van der Waals surface area contributed by atoms with Gasteiger partial charge in [-0.25, -0.2) is 4.79 Å². The van der Waals surface area contributed by atoms with Crippen molar-refractivity contribution in [1.82, 2.24) is 4.98 Å². The highest BCUT2D eigenvalue weighted by molar-refractivity contribution is 6.06. The maximum atomic E-state index is 11.9. The SMILES string of the molecule is COC(=O)c1ccccc1NC(=O)/C=C/c1cccnc1. The van der Waals surface area contributed by atoms with Crippen molar-refractivity contribution in [2.75, 3.05) is 12.4 Å². The van der Waals surface area contributed by atoms with E-state index < -0.39 is 5.97 Å². The Morgan fingerprint density at radius 2 is 2.00 bits per heavy atom. The molecule has 106 valence electrons. The average molecular weight is 282 g/mol. The van der Waals surface area contributed by atoms with Crippen molar-refractivity contribution in [3.8, 4) is 0 Å². The second-order valence-electron chi connectivity index (χ2n) is 4.15. The molecule has 1 N–H and O–H groups in total. The van der Waals surface area contributed by atoms with Crippen molar-refractivity contribution in [3.05, 3.63) is 66.0 Å². The number of anilines is 1. The summed E-state index contributed by atoms with van der Waals surface area (Å²) < 4.78 is 4.67. The summed E-state index contributed by atoms with van der Waals surface area (Å²) in [5.74, 6) is -0.836. The van der Waals surface area contributed by atoms with Gasteiger partial charge in [0.25, 0.3) is 0 Å². The number of nitrogens with zero attached hydrogens (tertiary/aromatic N) is 1. The number of hydrogen-bond donors (Lipinski definition) is 1. The summed E-state index contributed by atoms with van der Waals surface area (Å²) in [5, 5.41) is 2.65. The summed E-state index contributed by atoms with van der Waals surface area (Å²) in [6.45, 7) is 0. The number of carbonyl (C=O) groups excluding carboxylic acids is 2. The lowest BCUT2D eigenvalue weighted by atomic mass is 10.1. The van der Waals surface area contributed by atoms with Crippen molar-refractivity contribution in [3.63, 3.8) is 0 Å². The average Bonchev–Trinajstić information content (AvgIpc) is 2.54. The predicted octanol–water partition coefficient (Wildman–Crippen LogP) is 2.52. The first-order valence-corrected chi connectivity index (χ1v) is 6.27. The zero-order chi connectivity index (χ0) is 15.1. The Morgan fingerprint density at radius 3 is 2.71 bits per heavy atom. The molecule has 0 saturated carbocycles. The highest BCUT2D eigenvalue weighted by atomic mass is 16.5. The van der Waals surface area contributed by atoms with E-state index in [-0.39, 0.29) is 5.91 Å². The van der Waals surface area contributed by atoms with Crippen LogP contribution >= 0.6 is 0 Å². The second-order valence-corrected chi connectivity index (χ2v) is 4.15. The number of hydrogen-bond acceptors (Lipinski definition) is 4. The molecule has 0 unspecified atom stereocenters. The molecule has 0 aliphatic heterocycles. The first kappa shape index (κ1) is 14.5. The number of benzene rings is 1. The van der Waals surface area contributed by atoms with E-state index in [0.29, 0.717) is 11.3 Å². The summed E-state index contributed by atoms with van der Waals surface area (Å²) >= 11 is 0. The molecule has 0 fully saturated rings. The van der Waals surface area contributed by atoms with E-state index in [4.69, 9.17) is 0 Å². The quantitative estimate of drug-likeness (QED) is 0.691. The molecule has 0 spiro atoms. The van der Waals surface area contributed by atoms with Gasteiger partial charge in [0, 0.05) is 18.5 Å². The smallest absolute Gasteiger partial charge is 0.339 e. The van der Waals surface area contributed by atoms with Gasteiger partial charge in [-0.15, -0.1) is 0 Å². The number of ether oxygens (including phenoxy) is 1. The number of para-hydroxylation sites is 1. The van der Waals surface area contributed by atoms with Gasteiger partial charge in [0.1, 0.15) is 0 Å². The molecular formula is C16H14N2O3. The van der Waals surface area contributed by atoms with Crippen molar-refractivity contribution in [2.24, 2.45) is 0 Å². The molecule has 0 aliphatic carbocycles. The van der Waals surface area contributed by atoms with Crippen molar-refractivity contribution in [2.45, 2.75) is 0 Å². The van der Waals surface area contributed by atoms with Crippen LogP contribution < -0.4 is 5.32 Å². The van der Waals surface area contributed by atoms with Crippen LogP contribution in [0.1, 0.15) is 15.9 Å². The normalized spacial score (nSPS) is 10.3. The number of esters is 1. The number of methoxy groups -OCH3 is 1. The van der Waals surface area contributed by atoms with Crippen LogP contribution in [0.25, 0.3) is 6.08 Å². The summed E-state index contributed by atoms with van der Waals surface area (Å²) in [6.07, 6.45) is 6.32. The van der Waals surface area contributed by atoms with Gasteiger partial charge < -0.3 is 10.1 Å². The van der Waals surface area contributed by atoms with E-state index >= 15 is 0 Å². The van der Waals surface area contributed by atoms with Gasteiger partial charge in [-0.3, -0.25) is 9.78 Å². The molecule has 0 radical (unpaired) electrons. The maximum absolute atomic E-state index is 11.9. The van der Waals surface area contributed by atoms with Crippen molar-refractivity contribution < 1.29 is 14.3 Å². The van der Waals surface area contributed by atoms with Gasteiger partial charge in [-0.05, 0) is 29.8 Å². The lowest BCUT2D eigenvalue weighted by molar-refractivity contribution is -0.111. The molecule has 1 aromatic heterocycles. The Kier molecular flexibility index (Phi) is 4.82. The predicted molar refractivity (Wildman–Crippen MR) is 79.7 cm³/mol. The number of carbonyl (C=O) groups is 2. The monoisotopic (exact) mass is 282 g/mol. The second kappa shape index (κ2) is 7.00. The zero-order valence-electron chi connectivity index (χ0n) is 11.4. The number of amides is 1. The van der Waals surface area contributed by atoms with Gasteiger partial charge in [-0.1, -0.05) is 18.2 Å². The molecular weight excluding hydrogens is 268 g/mol. The number of nitrogens with one attached hydrogen (secondary N) is 1. The fourth-order valence-electron chi connectivity index (χ4n) is 1.70. The van der Waals surface area contributed by atoms with Crippen LogP contribution in [0, 0.1) is 0 Å². The third-order valence-electron chi connectivity index (χ3n) is 2.70. The van der Waals surface area contributed by atoms with Crippen LogP contribution in [-0.4, -0.2) is 24.0 Å². The molecule has 21 heavy (non-hydrogen) atoms. The minimum atomic E-state index is -0.498. The van der Waals surface area contributed by atoms with Gasteiger partial charge >= 0.3 is 5.97 Å². The van der Waals surface area contributed by atoms with Crippen LogP contribution in [0.5, 0.6) is 0 Å². The molecule has 2 rings (SSSR count). The molecule has 5 heteroatoms. The first-order valence-electron chi connectivity index (χ1n) is 6.27. The lowest BCUT2D eigenvalue weighted by Crippen LogP contribution is -2.12. The molecule has 1 amide bonds. The number of aromatic nitrogens is 1. The molecule has 5 nitrogen and oxygen atoms in total. The Labute approximate surface area is 122 Å². The minimum absolute atomic E-state index is 0.308. The molecule has 0 saturated heterocycles. The Hall–Kier alpha value is -2.95.